The maximum Gasteiger partial charge on any atom is 0.260 e. The maximum absolute atomic E-state index is 12.8. The van der Waals surface area contributed by atoms with Gasteiger partial charge < -0.3 is 10.4 Å². The van der Waals surface area contributed by atoms with Gasteiger partial charge in [0.15, 0.2) is 5.82 Å². The number of aromatic nitrogens is 2. The molecule has 1 heterocycles. The molecule has 100 valence electrons. The van der Waals surface area contributed by atoms with Crippen molar-refractivity contribution >= 4 is 11.7 Å². The van der Waals surface area contributed by atoms with E-state index in [2.05, 4.69) is 15.5 Å². The molecule has 0 atom stereocenters. The number of aromatic amines is 1. The van der Waals surface area contributed by atoms with Crippen molar-refractivity contribution < 1.29 is 14.3 Å². The summed E-state index contributed by atoms with van der Waals surface area (Å²) in [7, 11) is 0. The fourth-order valence-corrected chi connectivity index (χ4v) is 1.58. The van der Waals surface area contributed by atoms with E-state index in [1.165, 1.54) is 6.07 Å². The van der Waals surface area contributed by atoms with Crippen LogP contribution < -0.4 is 5.32 Å². The second-order valence-corrected chi connectivity index (χ2v) is 4.48. The van der Waals surface area contributed by atoms with Crippen molar-refractivity contribution in [2.24, 2.45) is 0 Å². The van der Waals surface area contributed by atoms with E-state index in [4.69, 9.17) is 0 Å². The molecule has 1 amide bonds. The van der Waals surface area contributed by atoms with E-state index in [1.54, 1.807) is 6.07 Å². The van der Waals surface area contributed by atoms with E-state index in [0.29, 0.717) is 5.82 Å². The molecule has 0 spiro atoms. The van der Waals surface area contributed by atoms with Gasteiger partial charge in [-0.25, -0.2) is 4.39 Å². The highest BCUT2D eigenvalue weighted by Crippen LogP contribution is 2.20. The van der Waals surface area contributed by atoms with Gasteiger partial charge in [0, 0.05) is 17.8 Å². The van der Waals surface area contributed by atoms with Gasteiger partial charge in [-0.05, 0) is 18.1 Å². The highest BCUT2D eigenvalue weighted by Gasteiger charge is 2.14. The van der Waals surface area contributed by atoms with E-state index < -0.39 is 17.5 Å². The Morgan fingerprint density at radius 1 is 1.42 bits per heavy atom. The molecule has 0 unspecified atom stereocenters. The number of phenols is 1. The quantitative estimate of drug-likeness (QED) is 0.796. The number of rotatable bonds is 3. The van der Waals surface area contributed by atoms with Gasteiger partial charge in [0.05, 0.1) is 5.56 Å². The second-order valence-electron chi connectivity index (χ2n) is 4.48. The van der Waals surface area contributed by atoms with Gasteiger partial charge in [-0.3, -0.25) is 9.89 Å². The summed E-state index contributed by atoms with van der Waals surface area (Å²) in [4.78, 5) is 11.9. The molecule has 0 radical (unpaired) electrons. The molecule has 0 aliphatic heterocycles. The number of anilines is 1. The molecule has 0 aliphatic carbocycles. The van der Waals surface area contributed by atoms with Crippen molar-refractivity contribution in [2.75, 3.05) is 5.32 Å². The third-order valence-corrected chi connectivity index (χ3v) is 2.67. The number of nitrogens with one attached hydrogen (secondary N) is 2. The number of benzene rings is 1. The number of carbonyl (C=O) groups is 1. The molecule has 19 heavy (non-hydrogen) atoms. The molecule has 0 bridgehead atoms. The Morgan fingerprint density at radius 2 is 2.16 bits per heavy atom. The molecule has 0 saturated heterocycles. The van der Waals surface area contributed by atoms with Crippen LogP contribution in [0.1, 0.15) is 35.8 Å². The van der Waals surface area contributed by atoms with Crippen LogP contribution in [0.15, 0.2) is 24.3 Å². The number of hydrogen-bond donors (Lipinski definition) is 3. The van der Waals surface area contributed by atoms with Gasteiger partial charge in [-0.15, -0.1) is 0 Å². The van der Waals surface area contributed by atoms with Crippen molar-refractivity contribution in [3.63, 3.8) is 0 Å². The smallest absolute Gasteiger partial charge is 0.260 e. The van der Waals surface area contributed by atoms with Gasteiger partial charge in [0.1, 0.15) is 11.6 Å². The van der Waals surface area contributed by atoms with Crippen LogP contribution in [-0.2, 0) is 0 Å². The molecule has 2 aromatic rings. The van der Waals surface area contributed by atoms with Crippen molar-refractivity contribution in [2.45, 2.75) is 19.8 Å². The van der Waals surface area contributed by atoms with Gasteiger partial charge in [-0.2, -0.15) is 5.10 Å². The number of halogens is 1. The van der Waals surface area contributed by atoms with Gasteiger partial charge in [0.2, 0.25) is 0 Å². The molecule has 2 rings (SSSR count). The summed E-state index contributed by atoms with van der Waals surface area (Å²) in [5.74, 6) is -0.929. The molecule has 0 saturated carbocycles. The standard InChI is InChI=1S/C13H14FN3O2/c1-7(2)10-6-12(17-16-10)15-13(19)9-4-3-8(14)5-11(9)18/h3-7,18H,1-2H3,(H2,15,16,17,19). The molecular weight excluding hydrogens is 249 g/mol. The first kappa shape index (κ1) is 13.1. The first-order valence-electron chi connectivity index (χ1n) is 5.82. The fraction of sp³-hybridized carbons (Fsp3) is 0.231. The van der Waals surface area contributed by atoms with Crippen molar-refractivity contribution in [1.29, 1.82) is 0 Å². The largest absolute Gasteiger partial charge is 0.507 e. The van der Waals surface area contributed by atoms with Crippen LogP contribution in [0.2, 0.25) is 0 Å². The Hall–Kier alpha value is -2.37. The zero-order valence-electron chi connectivity index (χ0n) is 10.6. The van der Waals surface area contributed by atoms with Crippen molar-refractivity contribution in [3.05, 3.63) is 41.3 Å². The molecule has 1 aromatic heterocycles. The second kappa shape index (κ2) is 5.09. The van der Waals surface area contributed by atoms with Gasteiger partial charge >= 0.3 is 0 Å². The Morgan fingerprint density at radius 3 is 2.74 bits per heavy atom. The third-order valence-electron chi connectivity index (χ3n) is 2.67. The number of H-pyrrole nitrogens is 1. The number of aromatic hydroxyl groups is 1. The van der Waals surface area contributed by atoms with Crippen LogP contribution in [-0.4, -0.2) is 21.2 Å². The number of amides is 1. The summed E-state index contributed by atoms with van der Waals surface area (Å²) in [6.07, 6.45) is 0. The van der Waals surface area contributed by atoms with E-state index in [9.17, 15) is 14.3 Å². The lowest BCUT2D eigenvalue weighted by Crippen LogP contribution is -2.12. The normalized spacial score (nSPS) is 10.7. The summed E-state index contributed by atoms with van der Waals surface area (Å²) >= 11 is 0. The van der Waals surface area contributed by atoms with Crippen molar-refractivity contribution in [1.82, 2.24) is 10.2 Å². The highest BCUT2D eigenvalue weighted by atomic mass is 19.1. The zero-order valence-corrected chi connectivity index (χ0v) is 10.6. The average Bonchev–Trinajstić information content (AvgIpc) is 2.77. The first-order chi connectivity index (χ1) is 8.97. The number of phenolic OH excluding ortho intramolecular Hbond substituents is 1. The summed E-state index contributed by atoms with van der Waals surface area (Å²) in [6.45, 7) is 3.98. The lowest BCUT2D eigenvalue weighted by Gasteiger charge is -2.04. The highest BCUT2D eigenvalue weighted by molar-refractivity contribution is 6.05. The van der Waals surface area contributed by atoms with E-state index in [0.717, 1.165) is 17.8 Å². The lowest BCUT2D eigenvalue weighted by atomic mass is 10.1. The molecule has 1 aromatic carbocycles. The maximum atomic E-state index is 12.8. The fourth-order valence-electron chi connectivity index (χ4n) is 1.58. The predicted molar refractivity (Wildman–Crippen MR) is 68.7 cm³/mol. The topological polar surface area (TPSA) is 78.0 Å². The lowest BCUT2D eigenvalue weighted by molar-refractivity contribution is 0.102. The van der Waals surface area contributed by atoms with Crippen LogP contribution in [0.5, 0.6) is 5.75 Å². The molecule has 0 aliphatic rings. The summed E-state index contributed by atoms with van der Waals surface area (Å²) < 4.78 is 12.8. The Kier molecular flexibility index (Phi) is 3.50. The molecule has 5 nitrogen and oxygen atoms in total. The zero-order chi connectivity index (χ0) is 14.0. The van der Waals surface area contributed by atoms with Gasteiger partial charge in [0.25, 0.3) is 5.91 Å². The minimum absolute atomic E-state index is 0.00417. The Labute approximate surface area is 109 Å². The van der Waals surface area contributed by atoms with E-state index in [1.807, 2.05) is 13.8 Å². The molecular formula is C13H14FN3O2. The monoisotopic (exact) mass is 263 g/mol. The Balaban J connectivity index is 2.16. The summed E-state index contributed by atoms with van der Waals surface area (Å²) in [5.41, 5.74) is 0.883. The van der Waals surface area contributed by atoms with E-state index in [-0.39, 0.29) is 11.5 Å². The van der Waals surface area contributed by atoms with Gasteiger partial charge in [-0.1, -0.05) is 13.8 Å². The van der Waals surface area contributed by atoms with Crippen LogP contribution in [0.25, 0.3) is 0 Å². The predicted octanol–water partition coefficient (Wildman–Crippen LogP) is 2.63. The van der Waals surface area contributed by atoms with Crippen LogP contribution in [0, 0.1) is 5.82 Å². The summed E-state index contributed by atoms with van der Waals surface area (Å²) in [5, 5.41) is 18.8. The molecule has 0 fully saturated rings. The SMILES string of the molecule is CC(C)c1cc(NC(=O)c2ccc(F)cc2O)n[nH]1. The molecule has 3 N–H and O–H groups in total. The minimum atomic E-state index is -0.601. The van der Waals surface area contributed by atoms with Crippen LogP contribution in [0.4, 0.5) is 10.2 Å². The minimum Gasteiger partial charge on any atom is -0.507 e. The summed E-state index contributed by atoms with van der Waals surface area (Å²) in [6, 6.07) is 4.93. The van der Waals surface area contributed by atoms with Crippen LogP contribution >= 0.6 is 0 Å². The number of nitrogens with zero attached hydrogens (tertiary/aromatic N) is 1. The third kappa shape index (κ3) is 2.90. The van der Waals surface area contributed by atoms with E-state index >= 15 is 0 Å². The molecule has 6 heteroatoms. The number of hydrogen-bond acceptors (Lipinski definition) is 3. The van der Waals surface area contributed by atoms with Crippen molar-refractivity contribution in [3.8, 4) is 5.75 Å². The Bertz CT molecular complexity index is 608. The first-order valence-corrected chi connectivity index (χ1v) is 5.82. The average molecular weight is 263 g/mol. The van der Waals surface area contributed by atoms with Crippen LogP contribution in [0.3, 0.4) is 0 Å². The number of carbonyl (C=O) groups excluding carboxylic acids is 1.